The molecule has 10 heavy (non-hydrogen) atoms. The van der Waals surface area contributed by atoms with Gasteiger partial charge in [0, 0.05) is 6.42 Å². The van der Waals surface area contributed by atoms with Gasteiger partial charge >= 0.3 is 0 Å². The predicted octanol–water partition coefficient (Wildman–Crippen LogP) is -0.283. The van der Waals surface area contributed by atoms with Gasteiger partial charge in [-0.25, -0.2) is 0 Å². The highest BCUT2D eigenvalue weighted by Crippen LogP contribution is 2.18. The highest BCUT2D eigenvalue weighted by molar-refractivity contribution is 5.73. The molecule has 1 amide bonds. The average Bonchev–Trinajstić information content (AvgIpc) is 1.55. The Labute approximate surface area is 61.0 Å². The lowest BCUT2D eigenvalue weighted by Gasteiger charge is -2.31. The van der Waals surface area contributed by atoms with Crippen molar-refractivity contribution in [3.8, 4) is 0 Å². The minimum absolute atomic E-state index is 0.181. The maximum atomic E-state index is 10.5. The minimum atomic E-state index is -0.181. The molecule has 3 heteroatoms. The van der Waals surface area contributed by atoms with Crippen LogP contribution in [-0.2, 0) is 4.79 Å². The molecular formula is C7H14N2O. The molecule has 1 rings (SSSR count). The van der Waals surface area contributed by atoms with Crippen molar-refractivity contribution in [2.24, 2.45) is 17.6 Å². The van der Waals surface area contributed by atoms with Crippen LogP contribution in [0.25, 0.3) is 0 Å². The summed E-state index contributed by atoms with van der Waals surface area (Å²) in [5.41, 5.74) is 5.05. The van der Waals surface area contributed by atoms with Crippen molar-refractivity contribution < 1.29 is 4.79 Å². The van der Waals surface area contributed by atoms with Crippen LogP contribution >= 0.6 is 0 Å². The number of hydrogen-bond donors (Lipinski definition) is 2. The Morgan fingerprint density at radius 2 is 2.40 bits per heavy atom. The van der Waals surface area contributed by atoms with Crippen LogP contribution in [0.2, 0.25) is 0 Å². The second-order valence-electron chi connectivity index (χ2n) is 3.07. The Morgan fingerprint density at radius 1 is 1.80 bits per heavy atom. The Hall–Kier alpha value is -0.570. The van der Waals surface area contributed by atoms with Crippen LogP contribution in [0, 0.1) is 11.8 Å². The zero-order valence-electron chi connectivity index (χ0n) is 6.26. The second-order valence-corrected chi connectivity index (χ2v) is 3.07. The van der Waals surface area contributed by atoms with E-state index in [2.05, 4.69) is 12.2 Å². The first kappa shape index (κ1) is 7.54. The largest absolute Gasteiger partial charge is 0.370 e. The maximum Gasteiger partial charge on any atom is 0.217 e. The molecule has 0 bridgehead atoms. The Morgan fingerprint density at radius 3 is 2.70 bits per heavy atom. The SMILES string of the molecule is CC(CC(N)=O)C1CNC1. The first-order chi connectivity index (χ1) is 4.70. The van der Waals surface area contributed by atoms with Crippen molar-refractivity contribution in [3.63, 3.8) is 0 Å². The number of rotatable bonds is 3. The summed E-state index contributed by atoms with van der Waals surface area (Å²) in [6.07, 6.45) is 0.534. The molecule has 1 unspecified atom stereocenters. The quantitative estimate of drug-likeness (QED) is 0.569. The van der Waals surface area contributed by atoms with E-state index in [4.69, 9.17) is 5.73 Å². The minimum Gasteiger partial charge on any atom is -0.370 e. The molecule has 1 aliphatic rings. The van der Waals surface area contributed by atoms with Gasteiger partial charge in [0.1, 0.15) is 0 Å². The van der Waals surface area contributed by atoms with Crippen LogP contribution in [0.4, 0.5) is 0 Å². The fraction of sp³-hybridized carbons (Fsp3) is 0.857. The molecule has 0 spiro atoms. The first-order valence-electron chi connectivity index (χ1n) is 3.69. The number of carbonyl (C=O) groups is 1. The number of primary amides is 1. The summed E-state index contributed by atoms with van der Waals surface area (Å²) in [7, 11) is 0. The zero-order chi connectivity index (χ0) is 7.56. The molecule has 1 saturated heterocycles. The number of hydrogen-bond acceptors (Lipinski definition) is 2. The van der Waals surface area contributed by atoms with Crippen molar-refractivity contribution in [1.29, 1.82) is 0 Å². The molecule has 58 valence electrons. The summed E-state index contributed by atoms with van der Waals surface area (Å²) in [6, 6.07) is 0. The van der Waals surface area contributed by atoms with Gasteiger partial charge in [0.15, 0.2) is 0 Å². The third-order valence-corrected chi connectivity index (χ3v) is 2.14. The van der Waals surface area contributed by atoms with Crippen LogP contribution in [0.3, 0.4) is 0 Å². The van der Waals surface area contributed by atoms with Gasteiger partial charge in [-0.05, 0) is 24.9 Å². The number of nitrogens with two attached hydrogens (primary N) is 1. The molecule has 1 heterocycles. The van der Waals surface area contributed by atoms with Crippen molar-refractivity contribution in [2.45, 2.75) is 13.3 Å². The van der Waals surface area contributed by atoms with Gasteiger partial charge in [-0.3, -0.25) is 4.79 Å². The van der Waals surface area contributed by atoms with E-state index >= 15 is 0 Å². The number of amides is 1. The molecule has 0 aromatic rings. The molecule has 1 atom stereocenters. The van der Waals surface area contributed by atoms with E-state index in [1.807, 2.05) is 0 Å². The van der Waals surface area contributed by atoms with Crippen LogP contribution in [-0.4, -0.2) is 19.0 Å². The summed E-state index contributed by atoms with van der Waals surface area (Å²) in [4.78, 5) is 10.5. The lowest BCUT2D eigenvalue weighted by Crippen LogP contribution is -2.46. The number of nitrogens with one attached hydrogen (secondary N) is 1. The molecule has 0 aromatic carbocycles. The van der Waals surface area contributed by atoms with E-state index in [0.717, 1.165) is 13.1 Å². The predicted molar refractivity (Wildman–Crippen MR) is 39.3 cm³/mol. The van der Waals surface area contributed by atoms with Crippen LogP contribution in [0.15, 0.2) is 0 Å². The third kappa shape index (κ3) is 1.70. The molecule has 1 fully saturated rings. The van der Waals surface area contributed by atoms with Crippen molar-refractivity contribution >= 4 is 5.91 Å². The monoisotopic (exact) mass is 142 g/mol. The fourth-order valence-electron chi connectivity index (χ4n) is 1.20. The normalized spacial score (nSPS) is 21.7. The van der Waals surface area contributed by atoms with Gasteiger partial charge in [-0.1, -0.05) is 6.92 Å². The molecule has 3 nitrogen and oxygen atoms in total. The molecular weight excluding hydrogens is 128 g/mol. The van der Waals surface area contributed by atoms with E-state index in [1.165, 1.54) is 0 Å². The molecule has 0 aliphatic carbocycles. The molecule has 3 N–H and O–H groups in total. The van der Waals surface area contributed by atoms with Gasteiger partial charge in [0.25, 0.3) is 0 Å². The van der Waals surface area contributed by atoms with E-state index in [1.54, 1.807) is 0 Å². The summed E-state index contributed by atoms with van der Waals surface area (Å²) in [6.45, 7) is 4.18. The Kier molecular flexibility index (Phi) is 2.27. The van der Waals surface area contributed by atoms with E-state index in [0.29, 0.717) is 18.3 Å². The lowest BCUT2D eigenvalue weighted by atomic mass is 9.86. The topological polar surface area (TPSA) is 55.1 Å². The summed E-state index contributed by atoms with van der Waals surface area (Å²) >= 11 is 0. The van der Waals surface area contributed by atoms with Crippen molar-refractivity contribution in [3.05, 3.63) is 0 Å². The average molecular weight is 142 g/mol. The molecule has 1 aliphatic heterocycles. The zero-order valence-corrected chi connectivity index (χ0v) is 6.26. The van der Waals surface area contributed by atoms with Gasteiger partial charge in [-0.15, -0.1) is 0 Å². The maximum absolute atomic E-state index is 10.5. The summed E-state index contributed by atoms with van der Waals surface area (Å²) < 4.78 is 0. The van der Waals surface area contributed by atoms with Crippen molar-refractivity contribution in [2.75, 3.05) is 13.1 Å². The smallest absolute Gasteiger partial charge is 0.217 e. The Balaban J connectivity index is 2.19. The van der Waals surface area contributed by atoms with E-state index in [9.17, 15) is 4.79 Å². The molecule has 0 radical (unpaired) electrons. The van der Waals surface area contributed by atoms with Crippen LogP contribution in [0.5, 0.6) is 0 Å². The number of carbonyl (C=O) groups excluding carboxylic acids is 1. The summed E-state index contributed by atoms with van der Waals surface area (Å²) in [5, 5.41) is 3.16. The van der Waals surface area contributed by atoms with E-state index in [-0.39, 0.29) is 5.91 Å². The standard InChI is InChI=1S/C7H14N2O/c1-5(2-7(8)10)6-3-9-4-6/h5-6,9H,2-4H2,1H3,(H2,8,10). The lowest BCUT2D eigenvalue weighted by molar-refractivity contribution is -0.119. The van der Waals surface area contributed by atoms with Gasteiger partial charge in [-0.2, -0.15) is 0 Å². The molecule has 0 saturated carbocycles. The summed E-state index contributed by atoms with van der Waals surface area (Å²) in [5.74, 6) is 0.950. The van der Waals surface area contributed by atoms with Crippen molar-refractivity contribution in [1.82, 2.24) is 5.32 Å². The van der Waals surface area contributed by atoms with Crippen LogP contribution in [0.1, 0.15) is 13.3 Å². The highest BCUT2D eigenvalue weighted by atomic mass is 16.1. The van der Waals surface area contributed by atoms with E-state index < -0.39 is 0 Å². The fourth-order valence-corrected chi connectivity index (χ4v) is 1.20. The highest BCUT2D eigenvalue weighted by Gasteiger charge is 2.24. The van der Waals surface area contributed by atoms with Gasteiger partial charge in [0.2, 0.25) is 5.91 Å². The van der Waals surface area contributed by atoms with Gasteiger partial charge < -0.3 is 11.1 Å². The van der Waals surface area contributed by atoms with Crippen LogP contribution < -0.4 is 11.1 Å². The Bertz CT molecular complexity index is 132. The second kappa shape index (κ2) is 3.01. The third-order valence-electron chi connectivity index (χ3n) is 2.14. The molecule has 0 aromatic heterocycles. The van der Waals surface area contributed by atoms with Gasteiger partial charge in [0.05, 0.1) is 0 Å². The first-order valence-corrected chi connectivity index (χ1v) is 3.69.